The first-order chi connectivity index (χ1) is 13.9. The van der Waals surface area contributed by atoms with Gasteiger partial charge in [-0.25, -0.2) is 12.8 Å². The topological polar surface area (TPSA) is 83.7 Å². The van der Waals surface area contributed by atoms with Gasteiger partial charge < -0.3 is 14.3 Å². The van der Waals surface area contributed by atoms with Gasteiger partial charge >= 0.3 is 5.51 Å². The zero-order valence-corrected chi connectivity index (χ0v) is 17.0. The number of piperazine rings is 1. The van der Waals surface area contributed by atoms with E-state index in [9.17, 15) is 30.8 Å². The third kappa shape index (κ3) is 4.13. The van der Waals surface area contributed by atoms with E-state index in [0.717, 1.165) is 12.1 Å². The van der Waals surface area contributed by atoms with Crippen LogP contribution in [0.4, 0.5) is 23.2 Å². The number of alkyl halides is 3. The maximum absolute atomic E-state index is 13.5. The fourth-order valence-electron chi connectivity index (χ4n) is 3.30. The van der Waals surface area contributed by atoms with Gasteiger partial charge in [-0.1, -0.05) is 5.16 Å². The molecule has 1 aromatic heterocycles. The van der Waals surface area contributed by atoms with Crippen LogP contribution in [0.3, 0.4) is 0 Å². The zero-order valence-electron chi connectivity index (χ0n) is 16.2. The third-order valence-electron chi connectivity index (χ3n) is 5.00. The molecule has 30 heavy (non-hydrogen) atoms. The van der Waals surface area contributed by atoms with Crippen molar-refractivity contribution in [2.75, 3.05) is 31.1 Å². The molecule has 0 radical (unpaired) electrons. The van der Waals surface area contributed by atoms with Crippen molar-refractivity contribution < 1.29 is 35.3 Å². The monoisotopic (exact) mass is 449 g/mol. The Morgan fingerprint density at radius 3 is 2.33 bits per heavy atom. The number of aryl methyl sites for hydroxylation is 2. The van der Waals surface area contributed by atoms with E-state index < -0.39 is 26.1 Å². The van der Waals surface area contributed by atoms with E-state index in [4.69, 9.17) is 4.52 Å². The summed E-state index contributed by atoms with van der Waals surface area (Å²) in [6, 6.07) is 2.28. The highest BCUT2D eigenvalue weighted by Crippen LogP contribution is 2.36. The first-order valence-electron chi connectivity index (χ1n) is 8.97. The van der Waals surface area contributed by atoms with Crippen molar-refractivity contribution in [3.63, 3.8) is 0 Å². The lowest BCUT2D eigenvalue weighted by atomic mass is 10.1. The molecular formula is C18H19F4N3O4S. The molecule has 0 unspecified atom stereocenters. The average molecular weight is 449 g/mol. The molecule has 1 saturated heterocycles. The molecule has 0 spiro atoms. The number of benzene rings is 1. The summed E-state index contributed by atoms with van der Waals surface area (Å²) in [4.78, 5) is 14.4. The molecule has 2 aromatic rings. The first kappa shape index (κ1) is 22.1. The Morgan fingerprint density at radius 1 is 1.17 bits per heavy atom. The van der Waals surface area contributed by atoms with Crippen LogP contribution in [0.25, 0.3) is 0 Å². The molecule has 0 atom stereocenters. The van der Waals surface area contributed by atoms with E-state index in [0.29, 0.717) is 23.1 Å². The predicted octanol–water partition coefficient (Wildman–Crippen LogP) is 2.62. The second kappa shape index (κ2) is 7.89. The normalized spacial score (nSPS) is 15.5. The Bertz CT molecular complexity index is 1040. The van der Waals surface area contributed by atoms with Crippen molar-refractivity contribution in [2.45, 2.75) is 30.7 Å². The molecule has 164 valence electrons. The third-order valence-corrected chi connectivity index (χ3v) is 6.51. The first-order valence-corrected chi connectivity index (χ1v) is 10.5. The molecule has 1 aliphatic heterocycles. The van der Waals surface area contributed by atoms with Crippen LogP contribution in [0.2, 0.25) is 0 Å². The van der Waals surface area contributed by atoms with Gasteiger partial charge in [0, 0.05) is 31.7 Å². The predicted molar refractivity (Wildman–Crippen MR) is 98.1 cm³/mol. The van der Waals surface area contributed by atoms with Gasteiger partial charge in [-0.2, -0.15) is 13.2 Å². The Kier molecular flexibility index (Phi) is 5.81. The number of anilines is 1. The molecule has 1 aromatic carbocycles. The van der Waals surface area contributed by atoms with Gasteiger partial charge in [0.25, 0.3) is 9.84 Å². The van der Waals surface area contributed by atoms with Crippen LogP contribution in [-0.4, -0.2) is 56.1 Å². The van der Waals surface area contributed by atoms with Gasteiger partial charge in [-0.15, -0.1) is 0 Å². The van der Waals surface area contributed by atoms with Gasteiger partial charge in [0.05, 0.1) is 17.8 Å². The van der Waals surface area contributed by atoms with Crippen molar-refractivity contribution in [1.82, 2.24) is 10.1 Å². The fraction of sp³-hybridized carbons (Fsp3) is 0.444. The Labute approximate surface area is 170 Å². The summed E-state index contributed by atoms with van der Waals surface area (Å²) in [6.45, 7) is 3.95. The van der Waals surface area contributed by atoms with E-state index >= 15 is 0 Å². The van der Waals surface area contributed by atoms with Crippen molar-refractivity contribution in [3.05, 3.63) is 41.0 Å². The highest BCUT2D eigenvalue weighted by atomic mass is 32.2. The van der Waals surface area contributed by atoms with Crippen LogP contribution in [0.15, 0.2) is 27.6 Å². The van der Waals surface area contributed by atoms with Crippen LogP contribution in [-0.2, 0) is 21.1 Å². The number of nitrogens with zero attached hydrogens (tertiary/aromatic N) is 3. The quantitative estimate of drug-likeness (QED) is 0.668. The molecule has 12 heteroatoms. The van der Waals surface area contributed by atoms with Gasteiger partial charge in [-0.3, -0.25) is 4.79 Å². The smallest absolute Gasteiger partial charge is 0.367 e. The van der Waals surface area contributed by atoms with E-state index in [2.05, 4.69) is 5.16 Å². The highest BCUT2D eigenvalue weighted by Gasteiger charge is 2.48. The lowest BCUT2D eigenvalue weighted by molar-refractivity contribution is -0.130. The molecule has 2 heterocycles. The zero-order chi connectivity index (χ0) is 22.3. The average Bonchev–Trinajstić information content (AvgIpc) is 2.99. The summed E-state index contributed by atoms with van der Waals surface area (Å²) in [5, 5.41) is 3.79. The minimum absolute atomic E-state index is 0.0748. The summed E-state index contributed by atoms with van der Waals surface area (Å²) in [5.74, 6) is -0.756. The Hall–Kier alpha value is -2.63. The number of halogens is 4. The number of carbonyl (C=O) groups excluding carboxylic acids is 1. The molecule has 0 saturated carbocycles. The van der Waals surface area contributed by atoms with Crippen molar-refractivity contribution >= 4 is 21.4 Å². The summed E-state index contributed by atoms with van der Waals surface area (Å²) >= 11 is 0. The van der Waals surface area contributed by atoms with Crippen LogP contribution in [0.5, 0.6) is 0 Å². The summed E-state index contributed by atoms with van der Waals surface area (Å²) in [6.07, 6.45) is 0.0748. The van der Waals surface area contributed by atoms with Crippen LogP contribution < -0.4 is 4.90 Å². The number of sulfone groups is 1. The van der Waals surface area contributed by atoms with E-state index in [-0.39, 0.29) is 44.2 Å². The number of hydrogen-bond acceptors (Lipinski definition) is 6. The number of rotatable bonds is 4. The Balaban J connectivity index is 1.76. The molecular weight excluding hydrogens is 430 g/mol. The van der Waals surface area contributed by atoms with Gasteiger partial charge in [0.2, 0.25) is 5.91 Å². The fourth-order valence-corrected chi connectivity index (χ4v) is 4.29. The SMILES string of the molecule is Cc1noc(C)c1CC(=O)N1CCN(c2ccc(F)cc2S(=O)(=O)C(F)(F)F)CC1. The highest BCUT2D eigenvalue weighted by molar-refractivity contribution is 7.92. The van der Waals surface area contributed by atoms with Crippen LogP contribution in [0.1, 0.15) is 17.0 Å². The van der Waals surface area contributed by atoms with Crippen molar-refractivity contribution in [1.29, 1.82) is 0 Å². The number of amides is 1. The second-order valence-corrected chi connectivity index (χ2v) is 8.82. The van der Waals surface area contributed by atoms with Crippen molar-refractivity contribution in [3.8, 4) is 0 Å². The van der Waals surface area contributed by atoms with Gasteiger partial charge in [0.15, 0.2) is 0 Å². The minimum atomic E-state index is -5.73. The number of hydrogen-bond donors (Lipinski definition) is 0. The summed E-state index contributed by atoms with van der Waals surface area (Å²) in [7, 11) is -5.73. The molecule has 3 rings (SSSR count). The molecule has 0 N–H and O–H groups in total. The van der Waals surface area contributed by atoms with E-state index in [1.807, 2.05) is 0 Å². The van der Waals surface area contributed by atoms with Gasteiger partial charge in [0.1, 0.15) is 16.5 Å². The van der Waals surface area contributed by atoms with Crippen molar-refractivity contribution in [2.24, 2.45) is 0 Å². The standard InChI is InChI=1S/C18H19F4N3O4S/c1-11-14(12(2)29-23-11)10-17(26)25-7-5-24(6-8-25)15-4-3-13(19)9-16(15)30(27,28)18(20,21)22/h3-4,9H,5-8,10H2,1-2H3. The lowest BCUT2D eigenvalue weighted by Gasteiger charge is -2.37. The van der Waals surface area contributed by atoms with Crippen LogP contribution >= 0.6 is 0 Å². The van der Waals surface area contributed by atoms with Crippen LogP contribution in [0, 0.1) is 19.7 Å². The molecule has 0 aliphatic carbocycles. The second-order valence-electron chi connectivity index (χ2n) is 6.91. The summed E-state index contributed by atoms with van der Waals surface area (Å²) in [5.41, 5.74) is -4.51. The molecule has 1 aliphatic rings. The molecule has 7 nitrogen and oxygen atoms in total. The molecule has 0 bridgehead atoms. The largest absolute Gasteiger partial charge is 0.501 e. The Morgan fingerprint density at radius 2 is 1.80 bits per heavy atom. The summed E-state index contributed by atoms with van der Waals surface area (Å²) < 4.78 is 81.4. The number of carbonyl (C=O) groups is 1. The van der Waals surface area contributed by atoms with Gasteiger partial charge in [-0.05, 0) is 32.0 Å². The maximum Gasteiger partial charge on any atom is 0.501 e. The number of aromatic nitrogens is 1. The molecule has 1 amide bonds. The van der Waals surface area contributed by atoms with E-state index in [1.165, 1.54) is 9.80 Å². The lowest BCUT2D eigenvalue weighted by Crippen LogP contribution is -2.49. The minimum Gasteiger partial charge on any atom is -0.367 e. The molecule has 1 fully saturated rings. The maximum atomic E-state index is 13.5. The van der Waals surface area contributed by atoms with E-state index in [1.54, 1.807) is 13.8 Å².